The number of rotatable bonds is 9. The first-order valence-corrected chi connectivity index (χ1v) is 11.5. The highest BCUT2D eigenvalue weighted by Crippen LogP contribution is 2.29. The third kappa shape index (κ3) is 5.83. The lowest BCUT2D eigenvalue weighted by molar-refractivity contribution is 0.102. The Morgan fingerprint density at radius 2 is 1.94 bits per heavy atom. The average Bonchev–Trinajstić information content (AvgIpc) is 3.18. The molecule has 1 aromatic carbocycles. The topological polar surface area (TPSA) is 133 Å². The Morgan fingerprint density at radius 1 is 1.19 bits per heavy atom. The van der Waals surface area contributed by atoms with Gasteiger partial charge in [0.1, 0.15) is 23.4 Å². The smallest absolute Gasteiger partial charge is 0.257 e. The zero-order valence-electron chi connectivity index (χ0n) is 17.8. The summed E-state index contributed by atoms with van der Waals surface area (Å²) in [7, 11) is -1.69. The number of benzene rings is 1. The van der Waals surface area contributed by atoms with Crippen molar-refractivity contribution in [2.45, 2.75) is 25.0 Å². The van der Waals surface area contributed by atoms with Gasteiger partial charge in [0, 0.05) is 30.9 Å². The first-order valence-electron chi connectivity index (χ1n) is 9.80. The summed E-state index contributed by atoms with van der Waals surface area (Å²) in [4.78, 5) is 16.7. The first-order chi connectivity index (χ1) is 15.2. The van der Waals surface area contributed by atoms with E-state index in [1.54, 1.807) is 37.0 Å². The zero-order valence-corrected chi connectivity index (χ0v) is 18.7. The highest BCUT2D eigenvalue weighted by Gasteiger charge is 2.16. The number of aromatic nitrogens is 3. The highest BCUT2D eigenvalue weighted by molar-refractivity contribution is 7.91. The van der Waals surface area contributed by atoms with Gasteiger partial charge in [0.25, 0.3) is 5.91 Å². The Balaban J connectivity index is 1.87. The number of carbonyl (C=O) groups is 1. The molecular weight excluding hydrogens is 436 g/mol. The number of amides is 1. The Bertz CT molecular complexity index is 1190. The summed E-state index contributed by atoms with van der Waals surface area (Å²) in [6.07, 6.45) is 2.49. The molecule has 0 aliphatic carbocycles. The van der Waals surface area contributed by atoms with Crippen LogP contribution in [0, 0.1) is 0 Å². The van der Waals surface area contributed by atoms with Crippen LogP contribution in [0.3, 0.4) is 0 Å². The molecule has 1 amide bonds. The van der Waals surface area contributed by atoms with Crippen molar-refractivity contribution in [3.05, 3.63) is 54.4 Å². The molecule has 0 spiro atoms. The van der Waals surface area contributed by atoms with Crippen LogP contribution in [0.4, 0.5) is 5.82 Å². The summed E-state index contributed by atoms with van der Waals surface area (Å²) in [6, 6.07) is 9.07. The summed E-state index contributed by atoms with van der Waals surface area (Å²) in [6.45, 7) is 3.01. The van der Waals surface area contributed by atoms with Gasteiger partial charge in [0.15, 0.2) is 20.7 Å². The molecule has 3 rings (SSSR count). The molecule has 10 nitrogen and oxygen atoms in total. The zero-order chi connectivity index (χ0) is 23.3. The monoisotopic (exact) mass is 460 g/mol. The Morgan fingerprint density at radius 3 is 2.53 bits per heavy atom. The van der Waals surface area contributed by atoms with Crippen molar-refractivity contribution >= 4 is 21.6 Å². The Hall–Kier alpha value is -3.44. The van der Waals surface area contributed by atoms with Gasteiger partial charge in [0.05, 0.1) is 18.6 Å². The highest BCUT2D eigenvalue weighted by atomic mass is 32.2. The average molecular weight is 461 g/mol. The minimum Gasteiger partial charge on any atom is -0.488 e. The summed E-state index contributed by atoms with van der Waals surface area (Å²) in [5.74, 6) is 0.755. The van der Waals surface area contributed by atoms with Crippen molar-refractivity contribution in [3.63, 3.8) is 0 Å². The summed E-state index contributed by atoms with van der Waals surface area (Å²) in [5, 5.41) is 16.0. The number of sulfone groups is 1. The van der Waals surface area contributed by atoms with Gasteiger partial charge < -0.3 is 19.9 Å². The van der Waals surface area contributed by atoms with Crippen molar-refractivity contribution in [1.82, 2.24) is 14.8 Å². The van der Waals surface area contributed by atoms with Gasteiger partial charge >= 0.3 is 0 Å². The minimum absolute atomic E-state index is 0.0448. The predicted molar refractivity (Wildman–Crippen MR) is 117 cm³/mol. The fourth-order valence-electron chi connectivity index (χ4n) is 2.66. The van der Waals surface area contributed by atoms with Crippen molar-refractivity contribution < 1.29 is 27.8 Å². The lowest BCUT2D eigenvalue weighted by Crippen LogP contribution is -2.17. The van der Waals surface area contributed by atoms with Crippen molar-refractivity contribution in [2.24, 2.45) is 7.05 Å². The van der Waals surface area contributed by atoms with Crippen LogP contribution in [0.1, 0.15) is 24.2 Å². The largest absolute Gasteiger partial charge is 0.488 e. The number of anilines is 1. The molecule has 0 saturated carbocycles. The third-order valence-electron chi connectivity index (χ3n) is 4.34. The van der Waals surface area contributed by atoms with Gasteiger partial charge in [0.2, 0.25) is 0 Å². The maximum absolute atomic E-state index is 12.7. The molecule has 0 aliphatic heterocycles. The molecule has 170 valence electrons. The van der Waals surface area contributed by atoms with Crippen molar-refractivity contribution in [2.75, 3.05) is 17.7 Å². The van der Waals surface area contributed by atoms with Crippen LogP contribution in [-0.2, 0) is 16.9 Å². The van der Waals surface area contributed by atoms with E-state index in [4.69, 9.17) is 9.47 Å². The molecule has 0 unspecified atom stereocenters. The van der Waals surface area contributed by atoms with E-state index in [9.17, 15) is 18.3 Å². The lowest BCUT2D eigenvalue weighted by atomic mass is 10.2. The number of hydrogen-bond donors (Lipinski definition) is 2. The number of hydrogen-bond acceptors (Lipinski definition) is 8. The van der Waals surface area contributed by atoms with Crippen molar-refractivity contribution in [3.8, 4) is 17.2 Å². The maximum Gasteiger partial charge on any atom is 0.257 e. The summed E-state index contributed by atoms with van der Waals surface area (Å²) < 4.78 is 36.8. The third-order valence-corrected chi connectivity index (χ3v) is 5.97. The molecule has 1 atom stereocenters. The van der Waals surface area contributed by atoms with Gasteiger partial charge in [-0.3, -0.25) is 9.48 Å². The molecule has 2 heterocycles. The van der Waals surface area contributed by atoms with Crippen LogP contribution in [0.5, 0.6) is 17.2 Å². The number of pyridine rings is 1. The number of nitrogens with one attached hydrogen (secondary N) is 1. The second kappa shape index (κ2) is 9.79. The van der Waals surface area contributed by atoms with E-state index >= 15 is 0 Å². The van der Waals surface area contributed by atoms with E-state index in [-0.39, 0.29) is 34.4 Å². The van der Waals surface area contributed by atoms with E-state index < -0.39 is 21.8 Å². The number of carbonyl (C=O) groups excluding carboxylic acids is 1. The first kappa shape index (κ1) is 23.2. The SMILES string of the molecule is CCS(=O)(=O)c1ccc(Oc2cc(O[C@@H](C)CO)cc(C(=O)Nc3ccn(C)n3)c2)cn1. The molecule has 0 radical (unpaired) electrons. The number of aryl methyl sites for hydroxylation is 1. The minimum atomic E-state index is -3.43. The number of nitrogens with zero attached hydrogens (tertiary/aromatic N) is 3. The molecule has 32 heavy (non-hydrogen) atoms. The van der Waals surface area contributed by atoms with E-state index in [1.807, 2.05) is 0 Å². The fourth-order valence-corrected chi connectivity index (χ4v) is 3.45. The van der Waals surface area contributed by atoms with Crippen LogP contribution in [0.2, 0.25) is 0 Å². The molecule has 3 aromatic rings. The molecule has 0 bridgehead atoms. The molecule has 0 aliphatic rings. The normalized spacial score (nSPS) is 12.2. The molecule has 2 aromatic heterocycles. The fraction of sp³-hybridized carbons (Fsp3) is 0.286. The molecule has 11 heteroatoms. The maximum atomic E-state index is 12.7. The van der Waals surface area contributed by atoms with Crippen LogP contribution in [0.25, 0.3) is 0 Å². The second-order valence-corrected chi connectivity index (χ2v) is 9.20. The van der Waals surface area contributed by atoms with E-state index in [0.29, 0.717) is 11.6 Å². The van der Waals surface area contributed by atoms with Crippen LogP contribution < -0.4 is 14.8 Å². The summed E-state index contributed by atoms with van der Waals surface area (Å²) in [5.41, 5.74) is 0.242. The van der Waals surface area contributed by atoms with Gasteiger partial charge in [-0.25, -0.2) is 13.4 Å². The summed E-state index contributed by atoms with van der Waals surface area (Å²) >= 11 is 0. The Labute approximate surface area is 185 Å². The molecule has 0 fully saturated rings. The van der Waals surface area contributed by atoms with Crippen LogP contribution >= 0.6 is 0 Å². The quantitative estimate of drug-likeness (QED) is 0.497. The molecular formula is C21H24N4O6S. The van der Waals surface area contributed by atoms with Gasteiger partial charge in [-0.2, -0.15) is 5.10 Å². The number of aliphatic hydroxyl groups is 1. The van der Waals surface area contributed by atoms with Crippen molar-refractivity contribution in [1.29, 1.82) is 0 Å². The van der Waals surface area contributed by atoms with E-state index in [2.05, 4.69) is 15.4 Å². The van der Waals surface area contributed by atoms with Crippen LogP contribution in [-0.4, -0.2) is 52.7 Å². The van der Waals surface area contributed by atoms with Gasteiger partial charge in [-0.15, -0.1) is 0 Å². The second-order valence-electron chi connectivity index (χ2n) is 6.97. The standard InChI is InChI=1S/C21H24N4O6S/c1-4-32(28,29)20-6-5-16(12-22-20)31-18-10-15(9-17(11-18)30-14(2)13-26)21(27)23-19-7-8-25(3)24-19/h5-12,14,26H,4,13H2,1-3H3,(H,23,24,27)/t14-/m0/s1. The van der Waals surface area contributed by atoms with E-state index in [1.165, 1.54) is 37.4 Å². The van der Waals surface area contributed by atoms with Gasteiger partial charge in [-0.1, -0.05) is 6.92 Å². The van der Waals surface area contributed by atoms with Gasteiger partial charge in [-0.05, 0) is 31.2 Å². The Kier molecular flexibility index (Phi) is 7.11. The van der Waals surface area contributed by atoms with E-state index in [0.717, 1.165) is 0 Å². The predicted octanol–water partition coefficient (Wildman–Crippen LogP) is 2.41. The molecule has 2 N–H and O–H groups in total. The number of ether oxygens (including phenoxy) is 2. The lowest BCUT2D eigenvalue weighted by Gasteiger charge is -2.15. The van der Waals surface area contributed by atoms with Crippen LogP contribution in [0.15, 0.2) is 53.8 Å². The number of aliphatic hydroxyl groups excluding tert-OH is 1. The molecule has 0 saturated heterocycles.